The molecule has 2 amide bonds. The molecule has 0 aliphatic heterocycles. The van der Waals surface area contributed by atoms with Gasteiger partial charge in [-0.05, 0) is 38.1 Å². The number of para-hydroxylation sites is 1. The van der Waals surface area contributed by atoms with Gasteiger partial charge in [-0.15, -0.1) is 11.3 Å². The molecule has 4 nitrogen and oxygen atoms in total. The molecular weight excluding hydrogens is 353 g/mol. The SMILES string of the molecule is CCN(CC(=O)Nc1ccccc1C(F)(F)F)C(=O)c1ccc(C)s1. The van der Waals surface area contributed by atoms with Gasteiger partial charge in [0.25, 0.3) is 5.91 Å². The molecular formula is C17H17F3N2O2S. The van der Waals surface area contributed by atoms with Crippen molar-refractivity contribution in [2.24, 2.45) is 0 Å². The van der Waals surface area contributed by atoms with Crippen LogP contribution in [-0.4, -0.2) is 29.8 Å². The van der Waals surface area contributed by atoms with Crippen LogP contribution in [0, 0.1) is 6.92 Å². The van der Waals surface area contributed by atoms with Gasteiger partial charge < -0.3 is 10.2 Å². The molecule has 0 unspecified atom stereocenters. The van der Waals surface area contributed by atoms with Crippen LogP contribution in [0.25, 0.3) is 0 Å². The predicted molar refractivity (Wildman–Crippen MR) is 90.7 cm³/mol. The highest BCUT2D eigenvalue weighted by Crippen LogP contribution is 2.34. The summed E-state index contributed by atoms with van der Waals surface area (Å²) in [6, 6.07) is 8.20. The van der Waals surface area contributed by atoms with E-state index in [4.69, 9.17) is 0 Å². The molecule has 1 aromatic heterocycles. The maximum absolute atomic E-state index is 13.0. The van der Waals surface area contributed by atoms with Crippen LogP contribution < -0.4 is 5.32 Å². The number of nitrogens with one attached hydrogen (secondary N) is 1. The number of anilines is 1. The topological polar surface area (TPSA) is 49.4 Å². The largest absolute Gasteiger partial charge is 0.418 e. The molecule has 0 fully saturated rings. The number of thiophene rings is 1. The zero-order valence-corrected chi connectivity index (χ0v) is 14.5. The van der Waals surface area contributed by atoms with Crippen LogP contribution in [0.4, 0.5) is 18.9 Å². The molecule has 0 radical (unpaired) electrons. The van der Waals surface area contributed by atoms with E-state index < -0.39 is 17.6 Å². The Labute approximate surface area is 147 Å². The van der Waals surface area contributed by atoms with E-state index in [0.29, 0.717) is 4.88 Å². The van der Waals surface area contributed by atoms with Gasteiger partial charge in [0, 0.05) is 11.4 Å². The number of carbonyl (C=O) groups excluding carboxylic acids is 2. The first-order valence-electron chi connectivity index (χ1n) is 7.54. The molecule has 1 N–H and O–H groups in total. The summed E-state index contributed by atoms with van der Waals surface area (Å²) < 4.78 is 38.9. The molecule has 2 aromatic rings. The van der Waals surface area contributed by atoms with E-state index in [9.17, 15) is 22.8 Å². The minimum atomic E-state index is -4.57. The van der Waals surface area contributed by atoms with E-state index >= 15 is 0 Å². The third-order valence-electron chi connectivity index (χ3n) is 3.46. The minimum Gasteiger partial charge on any atom is -0.329 e. The van der Waals surface area contributed by atoms with Gasteiger partial charge in [0.15, 0.2) is 0 Å². The summed E-state index contributed by atoms with van der Waals surface area (Å²) in [5, 5.41) is 2.24. The number of benzene rings is 1. The number of hydrogen-bond acceptors (Lipinski definition) is 3. The zero-order chi connectivity index (χ0) is 18.6. The summed E-state index contributed by atoms with van der Waals surface area (Å²) in [6.45, 7) is 3.51. The average molecular weight is 370 g/mol. The average Bonchev–Trinajstić information content (AvgIpc) is 2.98. The highest BCUT2D eigenvalue weighted by atomic mass is 32.1. The fourth-order valence-corrected chi connectivity index (χ4v) is 3.07. The predicted octanol–water partition coefficient (Wildman–Crippen LogP) is 4.18. The maximum atomic E-state index is 13.0. The summed E-state index contributed by atoms with van der Waals surface area (Å²) >= 11 is 1.30. The van der Waals surface area contributed by atoms with E-state index in [1.807, 2.05) is 6.92 Å². The van der Waals surface area contributed by atoms with E-state index in [2.05, 4.69) is 5.32 Å². The molecule has 0 aliphatic carbocycles. The smallest absolute Gasteiger partial charge is 0.329 e. The van der Waals surface area contributed by atoms with Crippen LogP contribution in [-0.2, 0) is 11.0 Å². The number of nitrogens with zero attached hydrogens (tertiary/aromatic N) is 1. The Morgan fingerprint density at radius 2 is 1.84 bits per heavy atom. The lowest BCUT2D eigenvalue weighted by Crippen LogP contribution is -2.37. The molecule has 0 saturated heterocycles. The summed E-state index contributed by atoms with van der Waals surface area (Å²) in [6.07, 6.45) is -4.57. The minimum absolute atomic E-state index is 0.268. The molecule has 1 aromatic carbocycles. The molecule has 0 aliphatic rings. The number of alkyl halides is 3. The lowest BCUT2D eigenvalue weighted by molar-refractivity contribution is -0.137. The third-order valence-corrected chi connectivity index (χ3v) is 4.45. The number of likely N-dealkylation sites (N-methyl/N-ethyl adjacent to an activating group) is 1. The second-order valence-corrected chi connectivity index (χ2v) is 6.61. The second kappa shape index (κ2) is 7.69. The highest BCUT2D eigenvalue weighted by molar-refractivity contribution is 7.13. The summed E-state index contributed by atoms with van der Waals surface area (Å²) in [7, 11) is 0. The fraction of sp³-hybridized carbons (Fsp3) is 0.294. The second-order valence-electron chi connectivity index (χ2n) is 5.32. The van der Waals surface area contributed by atoms with Crippen LogP contribution >= 0.6 is 11.3 Å². The van der Waals surface area contributed by atoms with Gasteiger partial charge in [-0.3, -0.25) is 9.59 Å². The highest BCUT2D eigenvalue weighted by Gasteiger charge is 2.33. The standard InChI is InChI=1S/C17H17F3N2O2S/c1-3-22(16(24)14-9-8-11(2)25-14)10-15(23)21-13-7-5-4-6-12(13)17(18,19)20/h4-9H,3,10H2,1-2H3,(H,21,23). The molecule has 8 heteroatoms. The molecule has 1 heterocycles. The van der Waals surface area contributed by atoms with Crippen LogP contribution in [0.1, 0.15) is 27.0 Å². The molecule has 0 spiro atoms. The van der Waals surface area contributed by atoms with Crippen LogP contribution in [0.2, 0.25) is 0 Å². The quantitative estimate of drug-likeness (QED) is 0.859. The van der Waals surface area contributed by atoms with Crippen molar-refractivity contribution in [1.29, 1.82) is 0 Å². The first kappa shape index (κ1) is 19.0. The van der Waals surface area contributed by atoms with Crippen molar-refractivity contribution in [2.45, 2.75) is 20.0 Å². The Hall–Kier alpha value is -2.35. The summed E-state index contributed by atoms with van der Waals surface area (Å²) in [5.41, 5.74) is -1.25. The number of aryl methyl sites for hydroxylation is 1. The van der Waals surface area contributed by atoms with Crippen LogP contribution in [0.5, 0.6) is 0 Å². The molecule has 134 valence electrons. The van der Waals surface area contributed by atoms with Gasteiger partial charge in [-0.1, -0.05) is 12.1 Å². The maximum Gasteiger partial charge on any atom is 0.418 e. The molecule has 0 saturated carbocycles. The lowest BCUT2D eigenvalue weighted by atomic mass is 10.1. The van der Waals surface area contributed by atoms with Gasteiger partial charge in [-0.25, -0.2) is 0 Å². The number of hydrogen-bond donors (Lipinski definition) is 1. The van der Waals surface area contributed by atoms with Crippen molar-refractivity contribution in [3.63, 3.8) is 0 Å². The van der Waals surface area contributed by atoms with E-state index in [-0.39, 0.29) is 24.7 Å². The van der Waals surface area contributed by atoms with Gasteiger partial charge >= 0.3 is 6.18 Å². The molecule has 0 bridgehead atoms. The van der Waals surface area contributed by atoms with Gasteiger partial charge in [0.05, 0.1) is 16.1 Å². The van der Waals surface area contributed by atoms with Crippen molar-refractivity contribution in [1.82, 2.24) is 4.90 Å². The summed E-state index contributed by atoms with van der Waals surface area (Å²) in [5.74, 6) is -1.000. The van der Waals surface area contributed by atoms with E-state index in [0.717, 1.165) is 10.9 Å². The fourth-order valence-electron chi connectivity index (χ4n) is 2.23. The lowest BCUT2D eigenvalue weighted by Gasteiger charge is -2.20. The van der Waals surface area contributed by atoms with Gasteiger partial charge in [0.1, 0.15) is 6.54 Å². The first-order valence-corrected chi connectivity index (χ1v) is 8.35. The molecule has 25 heavy (non-hydrogen) atoms. The van der Waals surface area contributed by atoms with Crippen molar-refractivity contribution in [3.05, 3.63) is 51.7 Å². The van der Waals surface area contributed by atoms with Gasteiger partial charge in [0.2, 0.25) is 5.91 Å². The Bertz CT molecular complexity index is 771. The monoisotopic (exact) mass is 370 g/mol. The van der Waals surface area contributed by atoms with E-state index in [1.54, 1.807) is 19.1 Å². The molecule has 2 rings (SSSR count). The van der Waals surface area contributed by atoms with Crippen molar-refractivity contribution in [3.8, 4) is 0 Å². The third kappa shape index (κ3) is 4.82. The number of carbonyl (C=O) groups is 2. The zero-order valence-electron chi connectivity index (χ0n) is 13.7. The Morgan fingerprint density at radius 3 is 2.40 bits per heavy atom. The van der Waals surface area contributed by atoms with Crippen LogP contribution in [0.3, 0.4) is 0 Å². The number of halogens is 3. The van der Waals surface area contributed by atoms with Gasteiger partial charge in [-0.2, -0.15) is 13.2 Å². The summed E-state index contributed by atoms with van der Waals surface area (Å²) in [4.78, 5) is 27.3. The Morgan fingerprint density at radius 1 is 1.16 bits per heavy atom. The number of amides is 2. The molecule has 0 atom stereocenters. The van der Waals surface area contributed by atoms with Crippen molar-refractivity contribution < 1.29 is 22.8 Å². The van der Waals surface area contributed by atoms with Crippen molar-refractivity contribution in [2.75, 3.05) is 18.4 Å². The Balaban J connectivity index is 2.10. The Kier molecular flexibility index (Phi) is 5.84. The van der Waals surface area contributed by atoms with E-state index in [1.165, 1.54) is 34.4 Å². The number of rotatable bonds is 5. The first-order chi connectivity index (χ1) is 11.7. The van der Waals surface area contributed by atoms with Crippen molar-refractivity contribution >= 4 is 28.8 Å². The normalized spacial score (nSPS) is 11.2. The van der Waals surface area contributed by atoms with Crippen LogP contribution in [0.15, 0.2) is 36.4 Å².